The number of aromatic hydroxyl groups is 1. The lowest BCUT2D eigenvalue weighted by Crippen LogP contribution is -2.38. The number of phenols is 1. The number of hydrogen-bond acceptors (Lipinski definition) is 5. The van der Waals surface area contributed by atoms with Crippen molar-refractivity contribution in [3.63, 3.8) is 0 Å². The number of ether oxygens (including phenoxy) is 1. The minimum Gasteiger partial charge on any atom is -0.508 e. The summed E-state index contributed by atoms with van der Waals surface area (Å²) in [6, 6.07) is 4.57. The lowest BCUT2D eigenvalue weighted by Gasteiger charge is -2.22. The van der Waals surface area contributed by atoms with Gasteiger partial charge in [-0.25, -0.2) is 4.79 Å². The summed E-state index contributed by atoms with van der Waals surface area (Å²) in [5, 5.41) is 31.8. The van der Waals surface area contributed by atoms with Gasteiger partial charge in [0, 0.05) is 6.54 Å². The molecule has 1 aromatic carbocycles. The summed E-state index contributed by atoms with van der Waals surface area (Å²) in [6.45, 7) is 6.79. The summed E-state index contributed by atoms with van der Waals surface area (Å²) in [6.07, 6.45) is -3.09. The van der Waals surface area contributed by atoms with Crippen LogP contribution in [0.5, 0.6) is 5.75 Å². The molecule has 0 heterocycles. The standard InChI is InChI=1S/C15H23NO5/c1-9-5-10(7-11(17)6-9)13(19)12(18)8-16-14(20)21-15(2,3)4/h5-7,12-13,17-19H,8H2,1-4H3,(H,16,20). The molecule has 1 aromatic rings. The molecule has 0 aliphatic rings. The van der Waals surface area contributed by atoms with E-state index in [0.29, 0.717) is 5.56 Å². The number of carbonyl (C=O) groups excluding carboxylic acids is 1. The Morgan fingerprint density at radius 1 is 1.29 bits per heavy atom. The summed E-state index contributed by atoms with van der Waals surface area (Å²) >= 11 is 0. The van der Waals surface area contributed by atoms with Crippen molar-refractivity contribution in [2.24, 2.45) is 0 Å². The third kappa shape index (κ3) is 6.01. The number of aliphatic hydroxyl groups is 2. The molecule has 0 fully saturated rings. The van der Waals surface area contributed by atoms with E-state index < -0.39 is 23.9 Å². The summed E-state index contributed by atoms with van der Waals surface area (Å²) in [5.41, 5.74) is 0.512. The molecule has 118 valence electrons. The molecule has 4 N–H and O–H groups in total. The van der Waals surface area contributed by atoms with E-state index in [1.165, 1.54) is 6.07 Å². The second-order valence-corrected chi connectivity index (χ2v) is 6.00. The zero-order chi connectivity index (χ0) is 16.2. The minimum absolute atomic E-state index is 0.0105. The van der Waals surface area contributed by atoms with Crippen molar-refractivity contribution in [1.82, 2.24) is 5.32 Å². The van der Waals surface area contributed by atoms with Crippen molar-refractivity contribution in [2.75, 3.05) is 6.54 Å². The second-order valence-electron chi connectivity index (χ2n) is 6.00. The van der Waals surface area contributed by atoms with Crippen molar-refractivity contribution in [2.45, 2.75) is 45.5 Å². The van der Waals surface area contributed by atoms with Crippen LogP contribution < -0.4 is 5.32 Å². The smallest absolute Gasteiger partial charge is 0.407 e. The lowest BCUT2D eigenvalue weighted by molar-refractivity contribution is 0.0128. The first-order valence-electron chi connectivity index (χ1n) is 6.72. The van der Waals surface area contributed by atoms with Gasteiger partial charge in [-0.1, -0.05) is 6.07 Å². The number of carbonyl (C=O) groups is 1. The van der Waals surface area contributed by atoms with E-state index >= 15 is 0 Å². The molecular weight excluding hydrogens is 274 g/mol. The van der Waals surface area contributed by atoms with Crippen LogP contribution in [0.4, 0.5) is 4.79 Å². The van der Waals surface area contributed by atoms with Gasteiger partial charge in [0.2, 0.25) is 0 Å². The Hall–Kier alpha value is -1.79. The van der Waals surface area contributed by atoms with Gasteiger partial charge in [-0.15, -0.1) is 0 Å². The molecule has 0 aliphatic carbocycles. The quantitative estimate of drug-likeness (QED) is 0.677. The van der Waals surface area contributed by atoms with Crippen molar-refractivity contribution in [3.05, 3.63) is 29.3 Å². The van der Waals surface area contributed by atoms with E-state index in [0.717, 1.165) is 5.56 Å². The van der Waals surface area contributed by atoms with E-state index in [2.05, 4.69) is 5.32 Å². The molecule has 0 saturated carbocycles. The maximum atomic E-state index is 11.5. The molecule has 6 nitrogen and oxygen atoms in total. The Balaban J connectivity index is 2.58. The van der Waals surface area contributed by atoms with Gasteiger partial charge in [0.15, 0.2) is 0 Å². The van der Waals surface area contributed by atoms with Gasteiger partial charge in [-0.3, -0.25) is 0 Å². The second kappa shape index (κ2) is 6.78. The molecule has 0 radical (unpaired) electrons. The van der Waals surface area contributed by atoms with E-state index in [4.69, 9.17) is 4.74 Å². The maximum absolute atomic E-state index is 11.5. The topological polar surface area (TPSA) is 99.0 Å². The van der Waals surface area contributed by atoms with Gasteiger partial charge in [0.25, 0.3) is 0 Å². The number of alkyl carbamates (subject to hydrolysis) is 1. The maximum Gasteiger partial charge on any atom is 0.407 e. The average molecular weight is 297 g/mol. The molecule has 0 saturated heterocycles. The number of amides is 1. The molecular formula is C15H23NO5. The molecule has 6 heteroatoms. The third-order valence-electron chi connectivity index (χ3n) is 2.64. The molecule has 0 spiro atoms. The summed E-state index contributed by atoms with van der Waals surface area (Å²) in [4.78, 5) is 11.5. The molecule has 2 unspecified atom stereocenters. The predicted molar refractivity (Wildman–Crippen MR) is 78.0 cm³/mol. The van der Waals surface area contributed by atoms with Crippen LogP contribution in [0.25, 0.3) is 0 Å². The summed E-state index contributed by atoms with van der Waals surface area (Å²) in [7, 11) is 0. The van der Waals surface area contributed by atoms with E-state index in [-0.39, 0.29) is 12.3 Å². The van der Waals surface area contributed by atoms with Crippen molar-refractivity contribution < 1.29 is 24.9 Å². The van der Waals surface area contributed by atoms with Crippen LogP contribution in [0, 0.1) is 6.92 Å². The normalized spacial score (nSPS) is 14.4. The molecule has 1 amide bonds. The zero-order valence-electron chi connectivity index (χ0n) is 12.8. The Bertz CT molecular complexity index is 475. The Morgan fingerprint density at radius 3 is 2.43 bits per heavy atom. The van der Waals surface area contributed by atoms with Crippen molar-refractivity contribution >= 4 is 6.09 Å². The van der Waals surface area contributed by atoms with Gasteiger partial charge in [0.1, 0.15) is 23.6 Å². The zero-order valence-corrected chi connectivity index (χ0v) is 12.8. The first-order valence-corrected chi connectivity index (χ1v) is 6.72. The highest BCUT2D eigenvalue weighted by atomic mass is 16.6. The highest BCUT2D eigenvalue weighted by Gasteiger charge is 2.22. The Morgan fingerprint density at radius 2 is 1.90 bits per heavy atom. The van der Waals surface area contributed by atoms with Crippen LogP contribution in [-0.4, -0.2) is 39.7 Å². The van der Waals surface area contributed by atoms with Gasteiger partial charge >= 0.3 is 6.09 Å². The highest BCUT2D eigenvalue weighted by Crippen LogP contribution is 2.23. The predicted octanol–water partition coefficient (Wildman–Crippen LogP) is 1.62. The van der Waals surface area contributed by atoms with Crippen molar-refractivity contribution in [3.8, 4) is 5.75 Å². The number of phenolic OH excluding ortho intramolecular Hbond substituents is 1. The largest absolute Gasteiger partial charge is 0.508 e. The fraction of sp³-hybridized carbons (Fsp3) is 0.533. The van der Waals surface area contributed by atoms with Crippen LogP contribution in [0.1, 0.15) is 38.0 Å². The fourth-order valence-electron chi connectivity index (χ4n) is 1.80. The number of hydrogen-bond donors (Lipinski definition) is 4. The van der Waals surface area contributed by atoms with E-state index in [1.54, 1.807) is 39.8 Å². The van der Waals surface area contributed by atoms with E-state index in [9.17, 15) is 20.1 Å². The molecule has 0 aliphatic heterocycles. The molecule has 1 rings (SSSR count). The lowest BCUT2D eigenvalue weighted by atomic mass is 10.0. The van der Waals surface area contributed by atoms with Gasteiger partial charge in [-0.05, 0) is 51.0 Å². The van der Waals surface area contributed by atoms with Crippen LogP contribution >= 0.6 is 0 Å². The van der Waals surface area contributed by atoms with Crippen LogP contribution in [-0.2, 0) is 4.74 Å². The Labute approximate surface area is 124 Å². The molecule has 2 atom stereocenters. The van der Waals surface area contributed by atoms with Gasteiger partial charge in [-0.2, -0.15) is 0 Å². The average Bonchev–Trinajstić information content (AvgIpc) is 2.31. The van der Waals surface area contributed by atoms with Gasteiger partial charge < -0.3 is 25.4 Å². The Kier molecular flexibility index (Phi) is 5.57. The third-order valence-corrected chi connectivity index (χ3v) is 2.64. The van der Waals surface area contributed by atoms with Crippen LogP contribution in [0.15, 0.2) is 18.2 Å². The van der Waals surface area contributed by atoms with Gasteiger partial charge in [0.05, 0.1) is 0 Å². The SMILES string of the molecule is Cc1cc(O)cc(C(O)C(O)CNC(=O)OC(C)(C)C)c1. The number of aryl methyl sites for hydroxylation is 1. The number of benzene rings is 1. The summed E-state index contributed by atoms with van der Waals surface area (Å²) < 4.78 is 5.03. The first kappa shape index (κ1) is 17.3. The number of aliphatic hydroxyl groups excluding tert-OH is 2. The molecule has 21 heavy (non-hydrogen) atoms. The minimum atomic E-state index is -1.22. The van der Waals surface area contributed by atoms with Crippen LogP contribution in [0.3, 0.4) is 0 Å². The summed E-state index contributed by atoms with van der Waals surface area (Å²) in [5.74, 6) is 0.0105. The van der Waals surface area contributed by atoms with Crippen molar-refractivity contribution in [1.29, 1.82) is 0 Å². The molecule has 0 bridgehead atoms. The molecule has 0 aromatic heterocycles. The fourth-order valence-corrected chi connectivity index (χ4v) is 1.80. The van der Waals surface area contributed by atoms with Crippen LogP contribution in [0.2, 0.25) is 0 Å². The number of nitrogens with one attached hydrogen (secondary N) is 1. The van der Waals surface area contributed by atoms with E-state index in [1.807, 2.05) is 0 Å². The first-order chi connectivity index (χ1) is 9.58. The number of rotatable bonds is 4. The highest BCUT2D eigenvalue weighted by molar-refractivity contribution is 5.67. The monoisotopic (exact) mass is 297 g/mol.